The van der Waals surface area contributed by atoms with Crippen molar-refractivity contribution < 1.29 is 4.74 Å². The predicted octanol–water partition coefficient (Wildman–Crippen LogP) is 3.27. The summed E-state index contributed by atoms with van der Waals surface area (Å²) in [5.41, 5.74) is 11.2. The largest absolute Gasteiger partial charge is 0.424 e. The Labute approximate surface area is 179 Å². The number of rotatable bonds is 4. The van der Waals surface area contributed by atoms with Crippen molar-refractivity contribution >= 4 is 16.9 Å². The van der Waals surface area contributed by atoms with Crippen LogP contribution in [0.4, 0.5) is 5.82 Å². The minimum atomic E-state index is 0.326. The van der Waals surface area contributed by atoms with E-state index in [1.54, 1.807) is 24.8 Å². The Hall–Kier alpha value is -3.52. The van der Waals surface area contributed by atoms with E-state index in [0.29, 0.717) is 28.9 Å². The third-order valence-corrected chi connectivity index (χ3v) is 6.68. The molecule has 2 fully saturated rings. The number of nitrogen functional groups attached to an aromatic ring is 1. The average molecular weight is 413 g/mol. The fraction of sp³-hybridized carbons (Fsp3) is 0.304. The van der Waals surface area contributed by atoms with Crippen LogP contribution in [-0.2, 0) is 7.05 Å². The van der Waals surface area contributed by atoms with E-state index in [0.717, 1.165) is 35.2 Å². The molecule has 1 saturated heterocycles. The molecule has 1 saturated carbocycles. The van der Waals surface area contributed by atoms with Crippen molar-refractivity contribution in [2.45, 2.75) is 18.8 Å². The number of hydrogen-bond donors (Lipinski definition) is 2. The van der Waals surface area contributed by atoms with Gasteiger partial charge in [0, 0.05) is 49.7 Å². The monoisotopic (exact) mass is 413 g/mol. The number of nitrogens with zero attached hydrogens (tertiary/aromatic N) is 5. The maximum absolute atomic E-state index is 6.34. The standard InChI is InChI=1S/C23H23N7O/c1-30-19(15-9-23(10-15)11-25-12-23)17(18-20(24)28-13-29-21(18)30)14-3-5-16(6-4-14)31-22-26-7-2-8-27-22/h2-8,13,15,25H,9-12H2,1H3,(H2,24,28,29). The van der Waals surface area contributed by atoms with Crippen molar-refractivity contribution in [3.8, 4) is 22.9 Å². The van der Waals surface area contributed by atoms with Crippen LogP contribution >= 0.6 is 0 Å². The number of aryl methyl sites for hydroxylation is 1. The van der Waals surface area contributed by atoms with Crippen LogP contribution in [0.15, 0.2) is 49.1 Å². The summed E-state index contributed by atoms with van der Waals surface area (Å²) in [6.07, 6.45) is 7.24. The first-order chi connectivity index (χ1) is 15.1. The Morgan fingerprint density at radius 3 is 2.48 bits per heavy atom. The topological polar surface area (TPSA) is 104 Å². The van der Waals surface area contributed by atoms with Crippen LogP contribution in [0, 0.1) is 5.41 Å². The van der Waals surface area contributed by atoms with E-state index in [-0.39, 0.29) is 0 Å². The Balaban J connectivity index is 1.42. The fourth-order valence-corrected chi connectivity index (χ4v) is 5.14. The van der Waals surface area contributed by atoms with Gasteiger partial charge < -0.3 is 20.4 Å². The fourth-order valence-electron chi connectivity index (χ4n) is 5.14. The second kappa shape index (κ2) is 6.75. The molecule has 0 bridgehead atoms. The van der Waals surface area contributed by atoms with Crippen molar-refractivity contribution in [1.82, 2.24) is 29.8 Å². The smallest absolute Gasteiger partial charge is 0.321 e. The van der Waals surface area contributed by atoms with Gasteiger partial charge in [-0.05, 0) is 42.0 Å². The molecule has 1 spiro atoms. The summed E-state index contributed by atoms with van der Waals surface area (Å²) in [6.45, 7) is 2.25. The molecule has 0 radical (unpaired) electrons. The molecule has 1 aliphatic carbocycles. The number of anilines is 1. The maximum Gasteiger partial charge on any atom is 0.321 e. The lowest BCUT2D eigenvalue weighted by atomic mass is 9.57. The molecule has 8 heteroatoms. The van der Waals surface area contributed by atoms with Crippen LogP contribution in [0.3, 0.4) is 0 Å². The normalized spacial score (nSPS) is 17.5. The molecular weight excluding hydrogens is 390 g/mol. The average Bonchev–Trinajstić information content (AvgIpc) is 3.01. The first-order valence-corrected chi connectivity index (χ1v) is 10.5. The summed E-state index contributed by atoms with van der Waals surface area (Å²) >= 11 is 0. The predicted molar refractivity (Wildman–Crippen MR) is 118 cm³/mol. The molecule has 1 aromatic carbocycles. The Bertz CT molecular complexity index is 1250. The number of aromatic nitrogens is 5. The second-order valence-corrected chi connectivity index (χ2v) is 8.64. The van der Waals surface area contributed by atoms with E-state index in [9.17, 15) is 0 Å². The summed E-state index contributed by atoms with van der Waals surface area (Å²) in [7, 11) is 2.09. The number of fused-ring (bicyclic) bond motifs is 1. The highest BCUT2D eigenvalue weighted by molar-refractivity contribution is 6.02. The Kier molecular flexibility index (Phi) is 3.97. The molecule has 3 N–H and O–H groups in total. The summed E-state index contributed by atoms with van der Waals surface area (Å²) in [6, 6.07) is 10.1. The molecular formula is C23H23N7O. The zero-order chi connectivity index (χ0) is 21.0. The van der Waals surface area contributed by atoms with Crippen molar-refractivity contribution in [1.29, 1.82) is 0 Å². The third kappa shape index (κ3) is 2.86. The number of nitrogens with one attached hydrogen (secondary N) is 1. The van der Waals surface area contributed by atoms with Gasteiger partial charge in [0.15, 0.2) is 0 Å². The molecule has 156 valence electrons. The quantitative estimate of drug-likeness (QED) is 0.529. The summed E-state index contributed by atoms with van der Waals surface area (Å²) in [5, 5.41) is 4.35. The molecule has 0 amide bonds. The van der Waals surface area contributed by atoms with E-state index in [1.807, 2.05) is 12.1 Å². The number of ether oxygens (including phenoxy) is 1. The van der Waals surface area contributed by atoms with E-state index in [1.165, 1.54) is 18.5 Å². The van der Waals surface area contributed by atoms with Gasteiger partial charge >= 0.3 is 6.01 Å². The van der Waals surface area contributed by atoms with Gasteiger partial charge in [0.05, 0.1) is 5.39 Å². The van der Waals surface area contributed by atoms with Gasteiger partial charge in [-0.2, -0.15) is 0 Å². The highest BCUT2D eigenvalue weighted by atomic mass is 16.5. The van der Waals surface area contributed by atoms with E-state index in [4.69, 9.17) is 10.5 Å². The highest BCUT2D eigenvalue weighted by Crippen LogP contribution is 2.56. The van der Waals surface area contributed by atoms with Gasteiger partial charge in [0.25, 0.3) is 0 Å². The van der Waals surface area contributed by atoms with E-state index in [2.05, 4.69) is 49.0 Å². The van der Waals surface area contributed by atoms with Crippen LogP contribution in [0.1, 0.15) is 24.5 Å². The third-order valence-electron chi connectivity index (χ3n) is 6.68. The van der Waals surface area contributed by atoms with E-state index < -0.39 is 0 Å². The number of nitrogens with two attached hydrogens (primary N) is 1. The van der Waals surface area contributed by atoms with Crippen LogP contribution in [0.5, 0.6) is 11.8 Å². The zero-order valence-electron chi connectivity index (χ0n) is 17.2. The minimum absolute atomic E-state index is 0.326. The first-order valence-electron chi connectivity index (χ1n) is 10.5. The Morgan fingerprint density at radius 1 is 1.06 bits per heavy atom. The van der Waals surface area contributed by atoms with Crippen LogP contribution < -0.4 is 15.8 Å². The van der Waals surface area contributed by atoms with Crippen LogP contribution in [-0.4, -0.2) is 37.6 Å². The van der Waals surface area contributed by atoms with Gasteiger partial charge in [0.1, 0.15) is 23.5 Å². The molecule has 6 rings (SSSR count). The summed E-state index contributed by atoms with van der Waals surface area (Å²) in [5.74, 6) is 1.69. The molecule has 3 aromatic heterocycles. The molecule has 4 aromatic rings. The minimum Gasteiger partial charge on any atom is -0.424 e. The van der Waals surface area contributed by atoms with Crippen molar-refractivity contribution in [3.05, 3.63) is 54.7 Å². The van der Waals surface area contributed by atoms with Gasteiger partial charge in [-0.3, -0.25) is 0 Å². The lowest BCUT2D eigenvalue weighted by Crippen LogP contribution is -2.59. The lowest BCUT2D eigenvalue weighted by molar-refractivity contribution is 0.0341. The van der Waals surface area contributed by atoms with Gasteiger partial charge in [-0.25, -0.2) is 19.9 Å². The maximum atomic E-state index is 6.34. The van der Waals surface area contributed by atoms with Crippen LogP contribution in [0.2, 0.25) is 0 Å². The van der Waals surface area contributed by atoms with E-state index >= 15 is 0 Å². The number of benzene rings is 1. The molecule has 31 heavy (non-hydrogen) atoms. The van der Waals surface area contributed by atoms with Crippen molar-refractivity contribution in [2.75, 3.05) is 18.8 Å². The summed E-state index contributed by atoms with van der Waals surface area (Å²) < 4.78 is 7.96. The Morgan fingerprint density at radius 2 is 1.81 bits per heavy atom. The van der Waals surface area contributed by atoms with Gasteiger partial charge in [-0.15, -0.1) is 0 Å². The number of hydrogen-bond acceptors (Lipinski definition) is 7. The van der Waals surface area contributed by atoms with Crippen molar-refractivity contribution in [3.63, 3.8) is 0 Å². The van der Waals surface area contributed by atoms with Gasteiger partial charge in [0.2, 0.25) is 0 Å². The lowest BCUT2D eigenvalue weighted by Gasteiger charge is -2.54. The first kappa shape index (κ1) is 18.3. The highest BCUT2D eigenvalue weighted by Gasteiger charge is 2.50. The molecule has 4 heterocycles. The molecule has 0 atom stereocenters. The second-order valence-electron chi connectivity index (χ2n) is 8.64. The van der Waals surface area contributed by atoms with Gasteiger partial charge in [-0.1, -0.05) is 12.1 Å². The van der Waals surface area contributed by atoms with Crippen molar-refractivity contribution in [2.24, 2.45) is 12.5 Å². The zero-order valence-corrected chi connectivity index (χ0v) is 17.2. The summed E-state index contributed by atoms with van der Waals surface area (Å²) in [4.78, 5) is 17.1. The molecule has 1 aliphatic heterocycles. The molecule has 8 nitrogen and oxygen atoms in total. The molecule has 0 unspecified atom stereocenters. The SMILES string of the molecule is Cn1c(C2CC3(CNC3)C2)c(-c2ccc(Oc3ncccn3)cc2)c2c(N)ncnc21. The van der Waals surface area contributed by atoms with Crippen LogP contribution in [0.25, 0.3) is 22.2 Å². The molecule has 2 aliphatic rings.